The van der Waals surface area contributed by atoms with Crippen molar-refractivity contribution in [2.45, 2.75) is 24.8 Å². The third-order valence-electron chi connectivity index (χ3n) is 3.44. The van der Waals surface area contributed by atoms with E-state index in [9.17, 15) is 9.90 Å². The number of hydrogen-bond donors (Lipinski definition) is 2. The van der Waals surface area contributed by atoms with Gasteiger partial charge in [-0.05, 0) is 12.8 Å². The molecule has 2 heterocycles. The summed E-state index contributed by atoms with van der Waals surface area (Å²) in [6, 6.07) is 1.39. The maximum Gasteiger partial charge on any atom is 0.252 e. The van der Waals surface area contributed by atoms with Crippen LogP contribution in [0.1, 0.15) is 24.6 Å². The fourth-order valence-corrected chi connectivity index (χ4v) is 2.27. The molecule has 6 heteroatoms. The number of H-pyrrole nitrogens is 1. The van der Waals surface area contributed by atoms with E-state index in [1.54, 1.807) is 0 Å². The van der Waals surface area contributed by atoms with Gasteiger partial charge in [0.05, 0.1) is 25.9 Å². The van der Waals surface area contributed by atoms with Crippen molar-refractivity contribution in [2.75, 3.05) is 31.3 Å². The summed E-state index contributed by atoms with van der Waals surface area (Å²) in [5.41, 5.74) is -0.120. The predicted octanol–water partition coefficient (Wildman–Crippen LogP) is -0.155. The van der Waals surface area contributed by atoms with Crippen molar-refractivity contribution in [1.29, 1.82) is 0 Å². The lowest BCUT2D eigenvalue weighted by Gasteiger charge is -2.35. The van der Waals surface area contributed by atoms with E-state index in [0.29, 0.717) is 31.5 Å². The minimum Gasteiger partial charge on any atom is -0.394 e. The normalized spacial score (nSPS) is 24.3. The molecule has 2 N–H and O–H groups in total. The van der Waals surface area contributed by atoms with Crippen LogP contribution in [0.25, 0.3) is 0 Å². The summed E-state index contributed by atoms with van der Waals surface area (Å²) in [6.45, 7) is 1.74. The molecule has 0 radical (unpaired) electrons. The van der Waals surface area contributed by atoms with Crippen molar-refractivity contribution < 1.29 is 9.84 Å². The van der Waals surface area contributed by atoms with E-state index in [0.717, 1.165) is 18.7 Å². The first kappa shape index (κ1) is 11.7. The number of ether oxygens (including phenoxy) is 1. The SMILES string of the molecule is O=c1cc(N2CCOCC2CO)nc(C2CC2)[nH]1. The van der Waals surface area contributed by atoms with Crippen LogP contribution < -0.4 is 10.5 Å². The molecule has 1 aromatic heterocycles. The molecular weight excluding hydrogens is 234 g/mol. The lowest BCUT2D eigenvalue weighted by atomic mass is 10.2. The highest BCUT2D eigenvalue weighted by Gasteiger charge is 2.29. The maximum atomic E-state index is 11.7. The first-order chi connectivity index (χ1) is 8.78. The van der Waals surface area contributed by atoms with Gasteiger partial charge in [-0.3, -0.25) is 4.79 Å². The molecule has 0 amide bonds. The van der Waals surface area contributed by atoms with Gasteiger partial charge >= 0.3 is 0 Å². The van der Waals surface area contributed by atoms with E-state index in [4.69, 9.17) is 4.74 Å². The highest BCUT2D eigenvalue weighted by Crippen LogP contribution is 2.38. The summed E-state index contributed by atoms with van der Waals surface area (Å²) in [6.07, 6.45) is 2.19. The van der Waals surface area contributed by atoms with Crippen molar-refractivity contribution in [3.8, 4) is 0 Å². The lowest BCUT2D eigenvalue weighted by molar-refractivity contribution is 0.0722. The molecule has 98 valence electrons. The van der Waals surface area contributed by atoms with Gasteiger partial charge < -0.3 is 19.7 Å². The Balaban J connectivity index is 1.91. The van der Waals surface area contributed by atoms with Gasteiger partial charge in [0.15, 0.2) is 0 Å². The topological polar surface area (TPSA) is 78.5 Å². The lowest BCUT2D eigenvalue weighted by Crippen LogP contribution is -2.48. The molecule has 1 aliphatic carbocycles. The minimum atomic E-state index is -0.120. The number of hydrogen-bond acceptors (Lipinski definition) is 5. The van der Waals surface area contributed by atoms with Crippen molar-refractivity contribution in [3.05, 3.63) is 22.2 Å². The third-order valence-corrected chi connectivity index (χ3v) is 3.44. The summed E-state index contributed by atoms with van der Waals surface area (Å²) < 4.78 is 5.33. The summed E-state index contributed by atoms with van der Waals surface area (Å²) in [4.78, 5) is 20.9. The van der Waals surface area contributed by atoms with Gasteiger partial charge in [-0.1, -0.05) is 0 Å². The second kappa shape index (κ2) is 4.70. The van der Waals surface area contributed by atoms with E-state index in [1.165, 1.54) is 6.07 Å². The van der Waals surface area contributed by atoms with Gasteiger partial charge in [0.2, 0.25) is 0 Å². The zero-order chi connectivity index (χ0) is 12.5. The summed E-state index contributed by atoms with van der Waals surface area (Å²) in [7, 11) is 0. The first-order valence-electron chi connectivity index (χ1n) is 6.34. The fraction of sp³-hybridized carbons (Fsp3) is 0.667. The Morgan fingerprint density at radius 1 is 1.56 bits per heavy atom. The molecule has 2 aliphatic rings. The molecule has 1 unspecified atom stereocenters. The van der Waals surface area contributed by atoms with Gasteiger partial charge in [0.1, 0.15) is 11.6 Å². The monoisotopic (exact) mass is 251 g/mol. The second-order valence-corrected chi connectivity index (χ2v) is 4.87. The van der Waals surface area contributed by atoms with Crippen LogP contribution in [-0.2, 0) is 4.74 Å². The van der Waals surface area contributed by atoms with Gasteiger partial charge in [-0.15, -0.1) is 0 Å². The molecular formula is C12H17N3O3. The van der Waals surface area contributed by atoms with E-state index in [2.05, 4.69) is 9.97 Å². The number of anilines is 1. The Kier molecular flexibility index (Phi) is 3.05. The van der Waals surface area contributed by atoms with Crippen molar-refractivity contribution in [2.24, 2.45) is 0 Å². The number of nitrogens with zero attached hydrogens (tertiary/aromatic N) is 2. The average molecular weight is 251 g/mol. The van der Waals surface area contributed by atoms with Crippen LogP contribution in [0.4, 0.5) is 5.82 Å². The van der Waals surface area contributed by atoms with Crippen LogP contribution in [0.2, 0.25) is 0 Å². The molecule has 0 spiro atoms. The average Bonchev–Trinajstić information content (AvgIpc) is 3.22. The first-order valence-corrected chi connectivity index (χ1v) is 6.34. The molecule has 1 saturated heterocycles. The number of morpholine rings is 1. The number of aliphatic hydroxyl groups is 1. The molecule has 0 bridgehead atoms. The maximum absolute atomic E-state index is 11.7. The molecule has 3 rings (SSSR count). The Bertz CT molecular complexity index is 484. The zero-order valence-corrected chi connectivity index (χ0v) is 10.1. The summed E-state index contributed by atoms with van der Waals surface area (Å²) in [5, 5.41) is 9.35. The standard InChI is InChI=1S/C12H17N3O3/c16-6-9-7-18-4-3-15(9)10-5-11(17)14-12(13-10)8-1-2-8/h5,8-9,16H,1-4,6-7H2,(H,13,14,17). The Morgan fingerprint density at radius 3 is 3.11 bits per heavy atom. The van der Waals surface area contributed by atoms with Gasteiger partial charge in [0, 0.05) is 18.5 Å². The number of aromatic nitrogens is 2. The number of aliphatic hydroxyl groups excluding tert-OH is 1. The molecule has 6 nitrogen and oxygen atoms in total. The van der Waals surface area contributed by atoms with Crippen molar-refractivity contribution >= 4 is 5.82 Å². The van der Waals surface area contributed by atoms with Crippen LogP contribution in [0.3, 0.4) is 0 Å². The van der Waals surface area contributed by atoms with E-state index >= 15 is 0 Å². The Hall–Kier alpha value is -1.40. The zero-order valence-electron chi connectivity index (χ0n) is 10.1. The smallest absolute Gasteiger partial charge is 0.252 e. The largest absolute Gasteiger partial charge is 0.394 e. The van der Waals surface area contributed by atoms with Crippen LogP contribution in [0.5, 0.6) is 0 Å². The Labute approximate surface area is 105 Å². The third kappa shape index (κ3) is 2.26. The highest BCUT2D eigenvalue weighted by atomic mass is 16.5. The van der Waals surface area contributed by atoms with Crippen LogP contribution in [0, 0.1) is 0 Å². The van der Waals surface area contributed by atoms with Gasteiger partial charge in [0.25, 0.3) is 5.56 Å². The molecule has 18 heavy (non-hydrogen) atoms. The van der Waals surface area contributed by atoms with Gasteiger partial charge in [-0.25, -0.2) is 4.98 Å². The summed E-state index contributed by atoms with van der Waals surface area (Å²) >= 11 is 0. The molecule has 2 fully saturated rings. The number of aromatic amines is 1. The van der Waals surface area contributed by atoms with Crippen LogP contribution in [0.15, 0.2) is 10.9 Å². The molecule has 1 atom stereocenters. The van der Waals surface area contributed by atoms with Crippen LogP contribution >= 0.6 is 0 Å². The quantitative estimate of drug-likeness (QED) is 0.780. The number of rotatable bonds is 3. The van der Waals surface area contributed by atoms with E-state index in [1.807, 2.05) is 4.90 Å². The molecule has 0 aromatic carbocycles. The minimum absolute atomic E-state index is 0.00718. The molecule has 1 saturated carbocycles. The molecule has 1 aliphatic heterocycles. The summed E-state index contributed by atoms with van der Waals surface area (Å²) in [5.74, 6) is 1.84. The predicted molar refractivity (Wildman–Crippen MR) is 65.9 cm³/mol. The Morgan fingerprint density at radius 2 is 2.39 bits per heavy atom. The highest BCUT2D eigenvalue weighted by molar-refractivity contribution is 5.40. The fourth-order valence-electron chi connectivity index (χ4n) is 2.27. The van der Waals surface area contributed by atoms with E-state index < -0.39 is 0 Å². The van der Waals surface area contributed by atoms with E-state index in [-0.39, 0.29) is 18.2 Å². The molecule has 1 aromatic rings. The van der Waals surface area contributed by atoms with Crippen molar-refractivity contribution in [1.82, 2.24) is 9.97 Å². The van der Waals surface area contributed by atoms with Crippen molar-refractivity contribution in [3.63, 3.8) is 0 Å². The number of nitrogens with one attached hydrogen (secondary N) is 1. The second-order valence-electron chi connectivity index (χ2n) is 4.87. The van der Waals surface area contributed by atoms with Gasteiger partial charge in [-0.2, -0.15) is 0 Å². The van der Waals surface area contributed by atoms with Crippen LogP contribution in [-0.4, -0.2) is 47.5 Å².